The van der Waals surface area contributed by atoms with Crippen molar-refractivity contribution in [1.82, 2.24) is 0 Å². The van der Waals surface area contributed by atoms with Gasteiger partial charge in [0.1, 0.15) is 11.2 Å². The van der Waals surface area contributed by atoms with E-state index in [9.17, 15) is 0 Å². The fourth-order valence-electron chi connectivity index (χ4n) is 12.3. The van der Waals surface area contributed by atoms with Crippen molar-refractivity contribution in [1.29, 1.82) is 0 Å². The molecule has 0 bridgehead atoms. The van der Waals surface area contributed by atoms with Gasteiger partial charge in [0.2, 0.25) is 0 Å². The van der Waals surface area contributed by atoms with Crippen molar-refractivity contribution in [2.24, 2.45) is 0 Å². The monoisotopic (exact) mass is 985 g/mol. The van der Waals surface area contributed by atoms with Gasteiger partial charge in [-0.1, -0.05) is 163 Å². The van der Waals surface area contributed by atoms with Crippen LogP contribution in [0.1, 0.15) is 52.7 Å². The van der Waals surface area contributed by atoms with Gasteiger partial charge in [0.05, 0.1) is 11.4 Å². The van der Waals surface area contributed by atoms with Gasteiger partial charge in [-0.25, -0.2) is 0 Å². The number of thiophene rings is 1. The molecule has 360 valence electrons. The van der Waals surface area contributed by atoms with Crippen molar-refractivity contribution in [3.8, 4) is 0 Å². The number of para-hydroxylation sites is 4. The zero-order valence-corrected chi connectivity index (χ0v) is 43.6. The lowest BCUT2D eigenvalue weighted by molar-refractivity contribution is 0.590. The third-order valence-corrected chi connectivity index (χ3v) is 17.1. The standard InChI is InChI=1S/C68H52BN3O2S/c1-67(2,3)41-28-32-43(33-29-41)70-54-21-15-22-55-64(54)69(53-39-51-48-18-9-12-27-62(48)75-63(51)40-59(53)71(55)44-34-30-42(31-35-44)68(4,5)6)52-37-36-45(38-58(52)70)72(56-23-13-19-49-46-16-7-10-25-60(46)73-65(49)56)57-24-14-20-50-47-17-8-11-26-61(47)74-66(50)57/h7-40H,1-6H3. The molecule has 13 aromatic rings. The van der Waals surface area contributed by atoms with Crippen LogP contribution in [0.2, 0.25) is 0 Å². The summed E-state index contributed by atoms with van der Waals surface area (Å²) < 4.78 is 16.4. The Bertz CT molecular complexity index is 4360. The summed E-state index contributed by atoms with van der Waals surface area (Å²) in [6.45, 7) is 13.6. The van der Waals surface area contributed by atoms with Gasteiger partial charge in [-0.3, -0.25) is 0 Å². The van der Waals surface area contributed by atoms with Crippen LogP contribution < -0.4 is 31.1 Å². The molecule has 75 heavy (non-hydrogen) atoms. The molecule has 0 N–H and O–H groups in total. The Hall–Kier alpha value is -8.52. The summed E-state index contributed by atoms with van der Waals surface area (Å²) in [5.41, 5.74) is 19.6. The highest BCUT2D eigenvalue weighted by Crippen LogP contribution is 2.50. The fraction of sp³-hybridized carbons (Fsp3) is 0.118. The van der Waals surface area contributed by atoms with E-state index in [1.807, 2.05) is 23.5 Å². The summed E-state index contributed by atoms with van der Waals surface area (Å²) in [4.78, 5) is 7.42. The average Bonchev–Trinajstić information content (AvgIpc) is 4.15. The SMILES string of the molecule is CC(C)(C)c1ccc(N2c3cc(N(c4cccc5c4oc4ccccc45)c4cccc5c4oc4ccccc45)ccc3B3c4cc5c(cc4N(c4ccc(C(C)(C)C)cc4)c4cccc2c43)sc2ccccc25)cc1. The molecule has 2 aliphatic rings. The minimum absolute atomic E-state index is 0.0116. The number of hydrogen-bond donors (Lipinski definition) is 0. The lowest BCUT2D eigenvalue weighted by atomic mass is 9.33. The van der Waals surface area contributed by atoms with Crippen LogP contribution in [0, 0.1) is 0 Å². The molecule has 5 nitrogen and oxygen atoms in total. The van der Waals surface area contributed by atoms with Gasteiger partial charge in [0.25, 0.3) is 6.71 Å². The van der Waals surface area contributed by atoms with Crippen LogP contribution in [0.25, 0.3) is 64.0 Å². The molecule has 0 amide bonds. The van der Waals surface area contributed by atoms with E-state index in [0.717, 1.165) is 83.7 Å². The largest absolute Gasteiger partial charge is 0.454 e. The molecule has 5 heterocycles. The van der Waals surface area contributed by atoms with Crippen LogP contribution in [0.3, 0.4) is 0 Å². The molecular formula is C68H52BN3O2S. The molecule has 0 fully saturated rings. The predicted molar refractivity (Wildman–Crippen MR) is 320 cm³/mol. The van der Waals surface area contributed by atoms with Gasteiger partial charge >= 0.3 is 0 Å². The van der Waals surface area contributed by atoms with Crippen LogP contribution >= 0.6 is 11.3 Å². The second-order valence-electron chi connectivity index (χ2n) is 22.5. The number of nitrogens with zero attached hydrogens (tertiary/aromatic N) is 3. The van der Waals surface area contributed by atoms with Crippen LogP contribution in [0.4, 0.5) is 51.2 Å². The van der Waals surface area contributed by atoms with Crippen molar-refractivity contribution < 1.29 is 8.83 Å². The second-order valence-corrected chi connectivity index (χ2v) is 23.6. The van der Waals surface area contributed by atoms with E-state index in [1.54, 1.807) is 0 Å². The molecule has 2 aliphatic heterocycles. The maximum atomic E-state index is 6.90. The molecule has 7 heteroatoms. The topological polar surface area (TPSA) is 36.0 Å². The smallest absolute Gasteiger partial charge is 0.252 e. The van der Waals surface area contributed by atoms with Crippen molar-refractivity contribution >= 4 is 150 Å². The van der Waals surface area contributed by atoms with Gasteiger partial charge in [0, 0.05) is 76.1 Å². The number of anilines is 9. The highest BCUT2D eigenvalue weighted by Gasteiger charge is 2.44. The molecule has 10 aromatic carbocycles. The van der Waals surface area contributed by atoms with Crippen molar-refractivity contribution in [2.75, 3.05) is 14.7 Å². The first-order valence-electron chi connectivity index (χ1n) is 26.1. The van der Waals surface area contributed by atoms with Crippen molar-refractivity contribution in [2.45, 2.75) is 52.4 Å². The first-order valence-corrected chi connectivity index (χ1v) is 26.9. The minimum Gasteiger partial charge on any atom is -0.454 e. The van der Waals surface area contributed by atoms with Gasteiger partial charge in [-0.05, 0) is 129 Å². The highest BCUT2D eigenvalue weighted by molar-refractivity contribution is 7.26. The second kappa shape index (κ2) is 16.0. The number of fused-ring (bicyclic) bond motifs is 13. The van der Waals surface area contributed by atoms with E-state index in [-0.39, 0.29) is 17.5 Å². The quantitative estimate of drug-likeness (QED) is 0.161. The zero-order valence-electron chi connectivity index (χ0n) is 42.8. The molecule has 0 saturated carbocycles. The Kier molecular flexibility index (Phi) is 9.39. The third-order valence-electron chi connectivity index (χ3n) is 16.0. The van der Waals surface area contributed by atoms with Crippen LogP contribution in [0.15, 0.2) is 215 Å². The summed E-state index contributed by atoms with van der Waals surface area (Å²) in [5, 5.41) is 6.88. The van der Waals surface area contributed by atoms with E-state index in [0.29, 0.717) is 0 Å². The van der Waals surface area contributed by atoms with Crippen molar-refractivity contribution in [3.05, 3.63) is 217 Å². The maximum absolute atomic E-state index is 6.90. The molecule has 0 aliphatic carbocycles. The molecule has 15 rings (SSSR count). The lowest BCUT2D eigenvalue weighted by Crippen LogP contribution is -2.61. The van der Waals surface area contributed by atoms with E-state index >= 15 is 0 Å². The summed E-state index contributed by atoms with van der Waals surface area (Å²) in [7, 11) is 0. The summed E-state index contributed by atoms with van der Waals surface area (Å²) >= 11 is 1.88. The Morgan fingerprint density at radius 2 is 0.893 bits per heavy atom. The number of hydrogen-bond acceptors (Lipinski definition) is 6. The summed E-state index contributed by atoms with van der Waals surface area (Å²) in [6, 6.07) is 76.2. The molecule has 3 aromatic heterocycles. The van der Waals surface area contributed by atoms with E-state index in [2.05, 4.69) is 250 Å². The summed E-state index contributed by atoms with van der Waals surface area (Å²) in [5.74, 6) is 0. The van der Waals surface area contributed by atoms with E-state index in [1.165, 1.54) is 59.1 Å². The van der Waals surface area contributed by atoms with Crippen LogP contribution in [-0.4, -0.2) is 6.71 Å². The summed E-state index contributed by atoms with van der Waals surface area (Å²) in [6.07, 6.45) is 0. The van der Waals surface area contributed by atoms with Gasteiger partial charge in [0.15, 0.2) is 11.2 Å². The first kappa shape index (κ1) is 44.0. The minimum atomic E-state index is -0.0837. The molecule has 0 unspecified atom stereocenters. The average molecular weight is 986 g/mol. The normalized spacial score (nSPS) is 13.4. The fourth-order valence-corrected chi connectivity index (χ4v) is 13.4. The third kappa shape index (κ3) is 6.63. The molecule has 0 atom stereocenters. The maximum Gasteiger partial charge on any atom is 0.252 e. The van der Waals surface area contributed by atoms with Crippen LogP contribution in [0.5, 0.6) is 0 Å². The van der Waals surface area contributed by atoms with E-state index < -0.39 is 0 Å². The van der Waals surface area contributed by atoms with Crippen molar-refractivity contribution in [3.63, 3.8) is 0 Å². The Morgan fingerprint density at radius 3 is 1.45 bits per heavy atom. The molecule has 0 saturated heterocycles. The van der Waals surface area contributed by atoms with Gasteiger partial charge < -0.3 is 23.5 Å². The number of benzene rings is 10. The van der Waals surface area contributed by atoms with Gasteiger partial charge in [-0.15, -0.1) is 11.3 Å². The Labute approximate surface area is 440 Å². The van der Waals surface area contributed by atoms with Gasteiger partial charge in [-0.2, -0.15) is 0 Å². The lowest BCUT2D eigenvalue weighted by Gasteiger charge is -2.44. The molecule has 0 radical (unpaired) electrons. The van der Waals surface area contributed by atoms with Crippen LogP contribution in [-0.2, 0) is 10.8 Å². The first-order chi connectivity index (χ1) is 36.5. The zero-order chi connectivity index (χ0) is 50.5. The Balaban J connectivity index is 1.02. The predicted octanol–water partition coefficient (Wildman–Crippen LogP) is 18.0. The molecular weight excluding hydrogens is 934 g/mol. The highest BCUT2D eigenvalue weighted by atomic mass is 32.1. The Morgan fingerprint density at radius 1 is 0.400 bits per heavy atom. The molecule has 0 spiro atoms. The number of furan rings is 2. The van der Waals surface area contributed by atoms with E-state index in [4.69, 9.17) is 8.83 Å². The number of rotatable bonds is 5.